The van der Waals surface area contributed by atoms with E-state index >= 15 is 0 Å². The maximum atomic E-state index is 4.64. The van der Waals surface area contributed by atoms with Crippen molar-refractivity contribution in [3.05, 3.63) is 30.4 Å². The van der Waals surface area contributed by atoms with Crippen LogP contribution in [0.3, 0.4) is 0 Å². The quantitative estimate of drug-likeness (QED) is 0.774. The zero-order valence-corrected chi connectivity index (χ0v) is 14.8. The van der Waals surface area contributed by atoms with E-state index < -0.39 is 0 Å². The Morgan fingerprint density at radius 1 is 1.04 bits per heavy atom. The van der Waals surface area contributed by atoms with Gasteiger partial charge >= 0.3 is 0 Å². The molecule has 1 aliphatic rings. The topological polar surface area (TPSA) is 77.1 Å². The lowest BCUT2D eigenvalue weighted by atomic mass is 10.3. The number of nitrogens with zero attached hydrogens (tertiary/aromatic N) is 7. The average molecular weight is 338 g/mol. The summed E-state index contributed by atoms with van der Waals surface area (Å²) in [5.41, 5.74) is 3.09. The number of rotatable bonds is 3. The minimum atomic E-state index is 0.735. The average Bonchev–Trinajstić information content (AvgIpc) is 3.02. The SMILES string of the molecule is Cc1cc2ncnc(N3CCN(c4ccnc(N(C)C)n4)CC3)c2[nH]1. The van der Waals surface area contributed by atoms with E-state index in [-0.39, 0.29) is 0 Å². The standard InChI is InChI=1S/C17H22N8/c1-12-10-13-15(21-12)16(20-11-19-13)25-8-6-24(7-9-25)14-4-5-18-17(22-14)23(2)3/h4-5,10-11,21H,6-9H2,1-3H3. The lowest BCUT2D eigenvalue weighted by Crippen LogP contribution is -2.47. The number of H-pyrrole nitrogens is 1. The molecule has 0 aromatic carbocycles. The maximum absolute atomic E-state index is 4.64. The van der Waals surface area contributed by atoms with Crippen LogP contribution in [0.1, 0.15) is 5.69 Å². The van der Waals surface area contributed by atoms with Crippen LogP contribution in [0.2, 0.25) is 0 Å². The molecular weight excluding hydrogens is 316 g/mol. The van der Waals surface area contributed by atoms with Gasteiger partial charge in [0.15, 0.2) is 5.82 Å². The highest BCUT2D eigenvalue weighted by Crippen LogP contribution is 2.25. The van der Waals surface area contributed by atoms with Gasteiger partial charge in [-0.2, -0.15) is 4.98 Å². The van der Waals surface area contributed by atoms with Crippen LogP contribution < -0.4 is 14.7 Å². The normalized spacial score (nSPS) is 15.0. The van der Waals surface area contributed by atoms with Crippen molar-refractivity contribution in [2.24, 2.45) is 0 Å². The first-order valence-corrected chi connectivity index (χ1v) is 8.42. The molecule has 0 spiro atoms. The number of piperazine rings is 1. The fourth-order valence-corrected chi connectivity index (χ4v) is 3.18. The van der Waals surface area contributed by atoms with Crippen LogP contribution in [0.4, 0.5) is 17.6 Å². The van der Waals surface area contributed by atoms with Crippen molar-refractivity contribution in [3.8, 4) is 0 Å². The van der Waals surface area contributed by atoms with E-state index in [9.17, 15) is 0 Å². The number of aryl methyl sites for hydroxylation is 1. The predicted molar refractivity (Wildman–Crippen MR) is 99.4 cm³/mol. The van der Waals surface area contributed by atoms with Crippen molar-refractivity contribution in [1.29, 1.82) is 0 Å². The van der Waals surface area contributed by atoms with Gasteiger partial charge in [0.25, 0.3) is 0 Å². The van der Waals surface area contributed by atoms with Gasteiger partial charge in [0.1, 0.15) is 17.7 Å². The summed E-state index contributed by atoms with van der Waals surface area (Å²) in [6.07, 6.45) is 3.46. The molecule has 0 radical (unpaired) electrons. The van der Waals surface area contributed by atoms with Crippen LogP contribution in [0, 0.1) is 6.92 Å². The van der Waals surface area contributed by atoms with E-state index in [0.717, 1.165) is 60.5 Å². The molecule has 1 aliphatic heterocycles. The van der Waals surface area contributed by atoms with Crippen LogP contribution in [-0.4, -0.2) is 65.2 Å². The number of fused-ring (bicyclic) bond motifs is 1. The number of aromatic amines is 1. The molecule has 0 bridgehead atoms. The zero-order chi connectivity index (χ0) is 17.4. The Bertz CT molecular complexity index is 879. The van der Waals surface area contributed by atoms with Crippen molar-refractivity contribution < 1.29 is 0 Å². The Morgan fingerprint density at radius 3 is 2.56 bits per heavy atom. The highest BCUT2D eigenvalue weighted by Gasteiger charge is 2.22. The van der Waals surface area contributed by atoms with Crippen molar-refractivity contribution in [1.82, 2.24) is 24.9 Å². The van der Waals surface area contributed by atoms with E-state index in [1.54, 1.807) is 6.33 Å². The second-order valence-electron chi connectivity index (χ2n) is 6.49. The third-order valence-corrected chi connectivity index (χ3v) is 4.46. The van der Waals surface area contributed by atoms with Crippen molar-refractivity contribution >= 4 is 28.6 Å². The van der Waals surface area contributed by atoms with Gasteiger partial charge in [-0.25, -0.2) is 15.0 Å². The molecule has 4 heterocycles. The monoisotopic (exact) mass is 338 g/mol. The molecule has 130 valence electrons. The van der Waals surface area contributed by atoms with E-state index in [2.05, 4.69) is 40.8 Å². The number of nitrogens with one attached hydrogen (secondary N) is 1. The Balaban J connectivity index is 1.52. The van der Waals surface area contributed by atoms with Gasteiger partial charge in [0.05, 0.1) is 5.52 Å². The van der Waals surface area contributed by atoms with Gasteiger partial charge in [-0.1, -0.05) is 0 Å². The van der Waals surface area contributed by atoms with Crippen LogP contribution in [-0.2, 0) is 0 Å². The van der Waals surface area contributed by atoms with E-state index in [1.807, 2.05) is 38.2 Å². The first-order valence-electron chi connectivity index (χ1n) is 8.42. The molecule has 25 heavy (non-hydrogen) atoms. The zero-order valence-electron chi connectivity index (χ0n) is 14.8. The minimum Gasteiger partial charge on any atom is -0.354 e. The third-order valence-electron chi connectivity index (χ3n) is 4.46. The number of hydrogen-bond acceptors (Lipinski definition) is 7. The van der Waals surface area contributed by atoms with E-state index in [0.29, 0.717) is 0 Å². The summed E-state index contributed by atoms with van der Waals surface area (Å²) in [6, 6.07) is 4.03. The summed E-state index contributed by atoms with van der Waals surface area (Å²) in [5.74, 6) is 2.69. The second kappa shape index (κ2) is 6.19. The van der Waals surface area contributed by atoms with Gasteiger partial charge in [0, 0.05) is 52.2 Å². The Kier molecular flexibility index (Phi) is 3.87. The first kappa shape index (κ1) is 15.6. The largest absolute Gasteiger partial charge is 0.354 e. The van der Waals surface area contributed by atoms with Crippen LogP contribution in [0.5, 0.6) is 0 Å². The highest BCUT2D eigenvalue weighted by molar-refractivity contribution is 5.86. The molecule has 0 aliphatic carbocycles. The first-order chi connectivity index (χ1) is 12.1. The highest BCUT2D eigenvalue weighted by atomic mass is 15.3. The Hall–Kier alpha value is -2.90. The summed E-state index contributed by atoms with van der Waals surface area (Å²) in [6.45, 7) is 5.63. The third kappa shape index (κ3) is 2.95. The van der Waals surface area contributed by atoms with E-state index in [1.165, 1.54) is 0 Å². The molecule has 1 N–H and O–H groups in total. The molecule has 4 rings (SSSR count). The van der Waals surface area contributed by atoms with Gasteiger partial charge in [0.2, 0.25) is 5.95 Å². The lowest BCUT2D eigenvalue weighted by Gasteiger charge is -2.36. The molecule has 3 aromatic rings. The molecule has 8 nitrogen and oxygen atoms in total. The summed E-state index contributed by atoms with van der Waals surface area (Å²) in [5, 5.41) is 0. The molecule has 0 atom stereocenters. The Labute approximate surface area is 146 Å². The molecule has 8 heteroatoms. The maximum Gasteiger partial charge on any atom is 0.226 e. The van der Waals surface area contributed by atoms with Gasteiger partial charge in [-0.3, -0.25) is 0 Å². The van der Waals surface area contributed by atoms with Gasteiger partial charge in [-0.15, -0.1) is 0 Å². The summed E-state index contributed by atoms with van der Waals surface area (Å²) in [7, 11) is 3.91. The fraction of sp³-hybridized carbons (Fsp3) is 0.412. The molecular formula is C17H22N8. The fourth-order valence-electron chi connectivity index (χ4n) is 3.18. The van der Waals surface area contributed by atoms with Crippen LogP contribution >= 0.6 is 0 Å². The molecule has 1 saturated heterocycles. The van der Waals surface area contributed by atoms with Crippen molar-refractivity contribution in [3.63, 3.8) is 0 Å². The summed E-state index contributed by atoms with van der Waals surface area (Å²) >= 11 is 0. The van der Waals surface area contributed by atoms with Gasteiger partial charge in [-0.05, 0) is 19.1 Å². The van der Waals surface area contributed by atoms with Crippen molar-refractivity contribution in [2.45, 2.75) is 6.92 Å². The summed E-state index contributed by atoms with van der Waals surface area (Å²) in [4.78, 5) is 27.7. The second-order valence-corrected chi connectivity index (χ2v) is 6.49. The van der Waals surface area contributed by atoms with Crippen LogP contribution in [0.25, 0.3) is 11.0 Å². The minimum absolute atomic E-state index is 0.735. The predicted octanol–water partition coefficient (Wildman–Crippen LogP) is 1.45. The lowest BCUT2D eigenvalue weighted by molar-refractivity contribution is 0.642. The van der Waals surface area contributed by atoms with Crippen molar-refractivity contribution in [2.75, 3.05) is 55.0 Å². The Morgan fingerprint density at radius 2 is 1.80 bits per heavy atom. The molecule has 0 unspecified atom stereocenters. The van der Waals surface area contributed by atoms with Crippen LogP contribution in [0.15, 0.2) is 24.7 Å². The number of aromatic nitrogens is 5. The number of anilines is 3. The van der Waals surface area contributed by atoms with Gasteiger partial charge < -0.3 is 19.7 Å². The molecule has 3 aromatic heterocycles. The molecule has 0 amide bonds. The summed E-state index contributed by atoms with van der Waals surface area (Å²) < 4.78 is 0. The van der Waals surface area contributed by atoms with E-state index in [4.69, 9.17) is 0 Å². The molecule has 0 saturated carbocycles. The molecule has 1 fully saturated rings. The smallest absolute Gasteiger partial charge is 0.226 e. The number of hydrogen-bond donors (Lipinski definition) is 1.